The van der Waals surface area contributed by atoms with Crippen LogP contribution in [0.3, 0.4) is 0 Å². The molecule has 24 heavy (non-hydrogen) atoms. The minimum absolute atomic E-state index is 0.0403. The molecule has 0 radical (unpaired) electrons. The van der Waals surface area contributed by atoms with Crippen LogP contribution in [0.5, 0.6) is 0 Å². The third-order valence-electron chi connectivity index (χ3n) is 3.11. The van der Waals surface area contributed by atoms with E-state index < -0.39 is 24.0 Å². The Balaban J connectivity index is 2.81. The summed E-state index contributed by atoms with van der Waals surface area (Å²) in [6.07, 6.45) is 0.289. The molecule has 5 nitrogen and oxygen atoms in total. The summed E-state index contributed by atoms with van der Waals surface area (Å²) in [7, 11) is 0. The summed E-state index contributed by atoms with van der Waals surface area (Å²) in [5.74, 6) is 3.41. The van der Waals surface area contributed by atoms with Gasteiger partial charge in [-0.3, -0.25) is 14.9 Å². The fourth-order valence-corrected chi connectivity index (χ4v) is 2.58. The summed E-state index contributed by atoms with van der Waals surface area (Å²) in [5.41, 5.74) is 0.564. The molecule has 1 aromatic carbocycles. The molecule has 0 aliphatic carbocycles. The van der Waals surface area contributed by atoms with Gasteiger partial charge in [0.2, 0.25) is 0 Å². The van der Waals surface area contributed by atoms with E-state index in [-0.39, 0.29) is 12.3 Å². The molecule has 0 aliphatic rings. The average Bonchev–Trinajstić information content (AvgIpc) is 2.43. The number of hydrogen-bond donors (Lipinski definition) is 3. The van der Waals surface area contributed by atoms with Gasteiger partial charge in [-0.1, -0.05) is 48.9 Å². The molecule has 130 valence electrons. The molecule has 2 atom stereocenters. The number of rotatable bonds is 7. The van der Waals surface area contributed by atoms with Gasteiger partial charge in [0, 0.05) is 22.0 Å². The summed E-state index contributed by atoms with van der Waals surface area (Å²) >= 11 is 11.7. The van der Waals surface area contributed by atoms with Crippen molar-refractivity contribution < 1.29 is 19.8 Å². The predicted molar refractivity (Wildman–Crippen MR) is 93.4 cm³/mol. The average molecular weight is 372 g/mol. The van der Waals surface area contributed by atoms with Crippen LogP contribution in [0.2, 0.25) is 10.0 Å². The van der Waals surface area contributed by atoms with Crippen LogP contribution in [-0.2, 0) is 9.59 Å². The lowest BCUT2D eigenvalue weighted by molar-refractivity contribution is -0.142. The smallest absolute Gasteiger partial charge is 0.321 e. The number of carbonyl (C=O) groups is 2. The monoisotopic (exact) mass is 371 g/mol. The zero-order valence-corrected chi connectivity index (χ0v) is 14.9. The Labute approximate surface area is 151 Å². The van der Waals surface area contributed by atoms with E-state index in [0.717, 1.165) is 0 Å². The lowest BCUT2D eigenvalue weighted by atomic mass is 10.0. The molecule has 7 heteroatoms. The van der Waals surface area contributed by atoms with Gasteiger partial charge in [0.05, 0.1) is 0 Å². The van der Waals surface area contributed by atoms with E-state index in [2.05, 4.69) is 17.2 Å². The maximum Gasteiger partial charge on any atom is 0.321 e. The van der Waals surface area contributed by atoms with Gasteiger partial charge in [-0.2, -0.15) is 0 Å². The maximum atomic E-state index is 11.3. The standard InChI is InChI=1S/C17H19Cl2NO4/c1-10(2)6-15(17(23)24)20-14(16(21)22)5-3-4-11-7-12(18)9-13(19)8-11/h7-10,14-15,20H,5-6H2,1-2H3,(H,21,22)(H,23,24). The zero-order valence-electron chi connectivity index (χ0n) is 13.3. The molecule has 0 aliphatic heterocycles. The van der Waals surface area contributed by atoms with Gasteiger partial charge in [-0.25, -0.2) is 0 Å². The van der Waals surface area contributed by atoms with Crippen LogP contribution in [-0.4, -0.2) is 34.2 Å². The summed E-state index contributed by atoms with van der Waals surface area (Å²) < 4.78 is 0. The van der Waals surface area contributed by atoms with Crippen molar-refractivity contribution in [2.45, 2.75) is 38.8 Å². The number of benzene rings is 1. The lowest BCUT2D eigenvalue weighted by Gasteiger charge is -2.20. The fourth-order valence-electron chi connectivity index (χ4n) is 2.05. The van der Waals surface area contributed by atoms with E-state index in [4.69, 9.17) is 23.2 Å². The first-order valence-electron chi connectivity index (χ1n) is 7.35. The van der Waals surface area contributed by atoms with Crippen LogP contribution in [0, 0.1) is 17.8 Å². The summed E-state index contributed by atoms with van der Waals surface area (Å²) in [5, 5.41) is 22.0. The molecule has 0 aromatic heterocycles. The molecule has 0 bridgehead atoms. The highest BCUT2D eigenvalue weighted by molar-refractivity contribution is 6.34. The Bertz CT molecular complexity index is 644. The van der Waals surface area contributed by atoms with E-state index >= 15 is 0 Å². The second-order valence-corrected chi connectivity index (χ2v) is 6.61. The predicted octanol–water partition coefficient (Wildman–Crippen LogP) is 3.28. The van der Waals surface area contributed by atoms with Crippen molar-refractivity contribution in [3.05, 3.63) is 33.8 Å². The van der Waals surface area contributed by atoms with Gasteiger partial charge in [-0.05, 0) is 30.5 Å². The summed E-state index contributed by atoms with van der Waals surface area (Å²) in [6.45, 7) is 3.74. The summed E-state index contributed by atoms with van der Waals surface area (Å²) in [4.78, 5) is 22.6. The van der Waals surface area contributed by atoms with Crippen molar-refractivity contribution in [3.63, 3.8) is 0 Å². The van der Waals surface area contributed by atoms with Crippen LogP contribution >= 0.6 is 23.2 Å². The van der Waals surface area contributed by atoms with Gasteiger partial charge < -0.3 is 10.2 Å². The highest BCUT2D eigenvalue weighted by Gasteiger charge is 2.25. The largest absolute Gasteiger partial charge is 0.480 e. The number of aliphatic carboxylic acids is 2. The molecule has 0 heterocycles. The van der Waals surface area contributed by atoms with Gasteiger partial charge in [-0.15, -0.1) is 0 Å². The Morgan fingerprint density at radius 3 is 2.08 bits per heavy atom. The van der Waals surface area contributed by atoms with Crippen LogP contribution in [0.15, 0.2) is 18.2 Å². The molecule has 2 unspecified atom stereocenters. The molecule has 1 aromatic rings. The van der Waals surface area contributed by atoms with E-state index in [1.54, 1.807) is 18.2 Å². The molecular weight excluding hydrogens is 353 g/mol. The topological polar surface area (TPSA) is 86.6 Å². The van der Waals surface area contributed by atoms with Crippen molar-refractivity contribution in [1.29, 1.82) is 0 Å². The van der Waals surface area contributed by atoms with Crippen molar-refractivity contribution in [2.75, 3.05) is 0 Å². The summed E-state index contributed by atoms with van der Waals surface area (Å²) in [6, 6.07) is 2.78. The fraction of sp³-hybridized carbons (Fsp3) is 0.412. The quantitative estimate of drug-likeness (QED) is 0.640. The molecule has 1 rings (SSSR count). The van der Waals surface area contributed by atoms with Crippen molar-refractivity contribution in [3.8, 4) is 11.8 Å². The van der Waals surface area contributed by atoms with Gasteiger partial charge in [0.1, 0.15) is 12.1 Å². The van der Waals surface area contributed by atoms with Crippen LogP contribution in [0.4, 0.5) is 0 Å². The number of hydrogen-bond acceptors (Lipinski definition) is 3. The third-order valence-corrected chi connectivity index (χ3v) is 3.54. The minimum Gasteiger partial charge on any atom is -0.480 e. The maximum absolute atomic E-state index is 11.3. The van der Waals surface area contributed by atoms with Crippen LogP contribution in [0.1, 0.15) is 32.3 Å². The number of carboxylic acids is 2. The molecule has 3 N–H and O–H groups in total. The van der Waals surface area contributed by atoms with Crippen LogP contribution < -0.4 is 5.32 Å². The van der Waals surface area contributed by atoms with E-state index in [9.17, 15) is 19.8 Å². The Morgan fingerprint density at radius 1 is 1.08 bits per heavy atom. The number of carboxylic acid groups (broad SMARTS) is 2. The highest BCUT2D eigenvalue weighted by Crippen LogP contribution is 2.18. The first-order valence-corrected chi connectivity index (χ1v) is 8.11. The third kappa shape index (κ3) is 7.22. The van der Waals surface area contributed by atoms with Gasteiger partial charge in [0.25, 0.3) is 0 Å². The SMILES string of the molecule is CC(C)CC(NC(CC#Cc1cc(Cl)cc(Cl)c1)C(=O)O)C(=O)O. The van der Waals surface area contributed by atoms with E-state index in [1.165, 1.54) is 0 Å². The van der Waals surface area contributed by atoms with Gasteiger partial charge in [0.15, 0.2) is 0 Å². The Hall–Kier alpha value is -1.74. The zero-order chi connectivity index (χ0) is 18.3. The molecule has 0 fully saturated rings. The van der Waals surface area contributed by atoms with Crippen molar-refractivity contribution in [2.24, 2.45) is 5.92 Å². The highest BCUT2D eigenvalue weighted by atomic mass is 35.5. The van der Waals surface area contributed by atoms with Crippen molar-refractivity contribution in [1.82, 2.24) is 5.32 Å². The van der Waals surface area contributed by atoms with E-state index in [0.29, 0.717) is 22.0 Å². The van der Waals surface area contributed by atoms with E-state index in [1.807, 2.05) is 13.8 Å². The Morgan fingerprint density at radius 2 is 1.62 bits per heavy atom. The molecule has 0 spiro atoms. The van der Waals surface area contributed by atoms with Gasteiger partial charge >= 0.3 is 11.9 Å². The molecular formula is C17H19Cl2NO4. The second-order valence-electron chi connectivity index (χ2n) is 5.74. The minimum atomic E-state index is -1.15. The number of nitrogens with one attached hydrogen (secondary N) is 1. The lowest BCUT2D eigenvalue weighted by Crippen LogP contribution is -2.47. The number of halogens is 2. The Kier molecular flexibility index (Phi) is 8.06. The first-order chi connectivity index (χ1) is 11.2. The van der Waals surface area contributed by atoms with Crippen LogP contribution in [0.25, 0.3) is 0 Å². The molecule has 0 amide bonds. The molecule has 0 saturated carbocycles. The second kappa shape index (κ2) is 9.53. The normalized spacial score (nSPS) is 13.0. The molecule has 0 saturated heterocycles. The first kappa shape index (κ1) is 20.3. The van der Waals surface area contributed by atoms with Crippen molar-refractivity contribution >= 4 is 35.1 Å².